The van der Waals surface area contributed by atoms with E-state index in [2.05, 4.69) is 21.2 Å². The molecular formula is C14H10BrF3N2O. The van der Waals surface area contributed by atoms with E-state index < -0.39 is 29.4 Å². The molecule has 3 N–H and O–H groups in total. The predicted molar refractivity (Wildman–Crippen MR) is 76.0 cm³/mol. The predicted octanol–water partition coefficient (Wildman–Crippen LogP) is 3.50. The minimum Gasteiger partial charge on any atom is -0.370 e. The van der Waals surface area contributed by atoms with Gasteiger partial charge in [-0.1, -0.05) is 22.0 Å². The van der Waals surface area contributed by atoms with Gasteiger partial charge in [0.25, 0.3) is 0 Å². The topological polar surface area (TPSA) is 55.1 Å². The highest BCUT2D eigenvalue weighted by Crippen LogP contribution is 2.25. The van der Waals surface area contributed by atoms with Gasteiger partial charge in [-0.05, 0) is 24.3 Å². The first-order valence-corrected chi connectivity index (χ1v) is 6.63. The number of carbonyl (C=O) groups excluding carboxylic acids is 1. The highest BCUT2D eigenvalue weighted by molar-refractivity contribution is 9.10. The van der Waals surface area contributed by atoms with E-state index in [1.807, 2.05) is 0 Å². The number of hydrogen-bond donors (Lipinski definition) is 2. The Morgan fingerprint density at radius 1 is 1.10 bits per heavy atom. The van der Waals surface area contributed by atoms with Gasteiger partial charge < -0.3 is 11.1 Å². The highest BCUT2D eigenvalue weighted by Gasteiger charge is 2.23. The molecule has 2 aromatic carbocycles. The largest absolute Gasteiger partial charge is 0.370 e. The van der Waals surface area contributed by atoms with Crippen molar-refractivity contribution in [3.63, 3.8) is 0 Å². The standard InChI is InChI=1S/C14H10BrF3N2O/c15-7-2-1-3-8(4-7)20-13(14(19)21)9-5-11(17)12(18)6-10(9)16/h1-6,13,20H,(H2,19,21). The number of halogens is 4. The number of nitrogens with one attached hydrogen (secondary N) is 1. The Kier molecular flexibility index (Phi) is 4.52. The van der Waals surface area contributed by atoms with Crippen LogP contribution in [0.1, 0.15) is 11.6 Å². The van der Waals surface area contributed by atoms with Crippen LogP contribution in [0.25, 0.3) is 0 Å². The third-order valence-electron chi connectivity index (χ3n) is 2.77. The fourth-order valence-electron chi connectivity index (χ4n) is 1.81. The molecule has 0 aliphatic carbocycles. The molecule has 2 rings (SSSR count). The van der Waals surface area contributed by atoms with Crippen LogP contribution in [-0.4, -0.2) is 5.91 Å². The van der Waals surface area contributed by atoms with Crippen molar-refractivity contribution in [3.8, 4) is 0 Å². The molecular weight excluding hydrogens is 349 g/mol. The fraction of sp³-hybridized carbons (Fsp3) is 0.0714. The van der Waals surface area contributed by atoms with Crippen molar-refractivity contribution < 1.29 is 18.0 Å². The average molecular weight is 359 g/mol. The summed E-state index contributed by atoms with van der Waals surface area (Å²) in [6, 6.07) is 6.37. The summed E-state index contributed by atoms with van der Waals surface area (Å²) < 4.78 is 40.7. The molecule has 0 fully saturated rings. The molecule has 0 aliphatic heterocycles. The van der Waals surface area contributed by atoms with Crippen LogP contribution in [-0.2, 0) is 4.79 Å². The van der Waals surface area contributed by atoms with E-state index in [1.54, 1.807) is 24.3 Å². The lowest BCUT2D eigenvalue weighted by Crippen LogP contribution is -2.28. The molecule has 0 saturated heterocycles. The second kappa shape index (κ2) is 6.17. The average Bonchev–Trinajstić information content (AvgIpc) is 2.40. The van der Waals surface area contributed by atoms with Crippen molar-refractivity contribution in [2.24, 2.45) is 5.73 Å². The zero-order valence-electron chi connectivity index (χ0n) is 10.5. The number of anilines is 1. The summed E-state index contributed by atoms with van der Waals surface area (Å²) >= 11 is 3.24. The quantitative estimate of drug-likeness (QED) is 0.821. The summed E-state index contributed by atoms with van der Waals surface area (Å²) in [6.07, 6.45) is 0. The zero-order valence-corrected chi connectivity index (χ0v) is 12.1. The Hall–Kier alpha value is -2.02. The second-order valence-corrected chi connectivity index (χ2v) is 5.19. The maximum Gasteiger partial charge on any atom is 0.244 e. The van der Waals surface area contributed by atoms with Crippen LogP contribution in [0.5, 0.6) is 0 Å². The highest BCUT2D eigenvalue weighted by atomic mass is 79.9. The number of hydrogen-bond acceptors (Lipinski definition) is 2. The van der Waals surface area contributed by atoms with Gasteiger partial charge in [-0.15, -0.1) is 0 Å². The monoisotopic (exact) mass is 358 g/mol. The summed E-state index contributed by atoms with van der Waals surface area (Å²) in [5, 5.41) is 2.69. The summed E-state index contributed by atoms with van der Waals surface area (Å²) in [4.78, 5) is 11.5. The minimum atomic E-state index is -1.33. The molecule has 0 heterocycles. The summed E-state index contributed by atoms with van der Waals surface area (Å²) in [6.45, 7) is 0. The van der Waals surface area contributed by atoms with Gasteiger partial charge >= 0.3 is 0 Å². The maximum atomic E-state index is 13.8. The lowest BCUT2D eigenvalue weighted by molar-refractivity contribution is -0.118. The minimum absolute atomic E-state index is 0.360. The molecule has 0 aliphatic rings. The number of rotatable bonds is 4. The molecule has 3 nitrogen and oxygen atoms in total. The fourth-order valence-corrected chi connectivity index (χ4v) is 2.21. The van der Waals surface area contributed by atoms with Gasteiger partial charge in [0.05, 0.1) is 0 Å². The van der Waals surface area contributed by atoms with Gasteiger partial charge in [0.1, 0.15) is 11.9 Å². The molecule has 0 saturated carbocycles. The first-order chi connectivity index (χ1) is 9.88. The van der Waals surface area contributed by atoms with Crippen LogP contribution in [0.15, 0.2) is 40.9 Å². The van der Waals surface area contributed by atoms with E-state index in [-0.39, 0.29) is 5.56 Å². The normalized spacial score (nSPS) is 12.0. The Morgan fingerprint density at radius 2 is 1.76 bits per heavy atom. The van der Waals surface area contributed by atoms with Gasteiger partial charge in [0.15, 0.2) is 11.6 Å². The molecule has 0 aromatic heterocycles. The molecule has 1 unspecified atom stereocenters. The number of primary amides is 1. The first kappa shape index (κ1) is 15.4. The van der Waals surface area contributed by atoms with Crippen molar-refractivity contribution in [2.75, 3.05) is 5.32 Å². The summed E-state index contributed by atoms with van der Waals surface area (Å²) in [7, 11) is 0. The van der Waals surface area contributed by atoms with E-state index >= 15 is 0 Å². The molecule has 1 amide bonds. The number of carbonyl (C=O) groups is 1. The maximum absolute atomic E-state index is 13.8. The molecule has 1 atom stereocenters. The number of amides is 1. The van der Waals surface area contributed by atoms with Crippen molar-refractivity contribution >= 4 is 27.5 Å². The number of benzene rings is 2. The Bertz CT molecular complexity index is 694. The summed E-state index contributed by atoms with van der Waals surface area (Å²) in [5.74, 6) is -4.56. The molecule has 0 spiro atoms. The van der Waals surface area contributed by atoms with Crippen LogP contribution < -0.4 is 11.1 Å². The Labute approximate surface area is 127 Å². The first-order valence-electron chi connectivity index (χ1n) is 5.84. The van der Waals surface area contributed by atoms with E-state index in [0.717, 1.165) is 4.47 Å². The Morgan fingerprint density at radius 3 is 2.38 bits per heavy atom. The summed E-state index contributed by atoms with van der Waals surface area (Å²) in [5.41, 5.74) is 5.33. The van der Waals surface area contributed by atoms with Crippen LogP contribution in [0.3, 0.4) is 0 Å². The van der Waals surface area contributed by atoms with Gasteiger partial charge in [-0.3, -0.25) is 4.79 Å². The van der Waals surface area contributed by atoms with E-state index in [4.69, 9.17) is 5.73 Å². The SMILES string of the molecule is NC(=O)C(Nc1cccc(Br)c1)c1cc(F)c(F)cc1F. The van der Waals surface area contributed by atoms with Crippen molar-refractivity contribution in [3.05, 3.63) is 63.9 Å². The van der Waals surface area contributed by atoms with Crippen LogP contribution >= 0.6 is 15.9 Å². The molecule has 2 aromatic rings. The molecule has 0 bridgehead atoms. The van der Waals surface area contributed by atoms with E-state index in [9.17, 15) is 18.0 Å². The zero-order chi connectivity index (χ0) is 15.6. The smallest absolute Gasteiger partial charge is 0.244 e. The lowest BCUT2D eigenvalue weighted by atomic mass is 10.0. The van der Waals surface area contributed by atoms with E-state index in [0.29, 0.717) is 17.8 Å². The van der Waals surface area contributed by atoms with E-state index in [1.165, 1.54) is 0 Å². The van der Waals surface area contributed by atoms with Crippen LogP contribution in [0, 0.1) is 17.5 Å². The third kappa shape index (κ3) is 3.55. The van der Waals surface area contributed by atoms with Gasteiger partial charge in [-0.25, -0.2) is 13.2 Å². The second-order valence-electron chi connectivity index (χ2n) is 4.28. The number of nitrogens with two attached hydrogens (primary N) is 1. The third-order valence-corrected chi connectivity index (χ3v) is 3.26. The molecule has 21 heavy (non-hydrogen) atoms. The van der Waals surface area contributed by atoms with Gasteiger partial charge in [-0.2, -0.15) is 0 Å². The molecule has 0 radical (unpaired) electrons. The van der Waals surface area contributed by atoms with Crippen LogP contribution in [0.4, 0.5) is 18.9 Å². The Balaban J connectivity index is 2.40. The molecule has 7 heteroatoms. The lowest BCUT2D eigenvalue weighted by Gasteiger charge is -2.18. The van der Waals surface area contributed by atoms with Gasteiger partial charge in [0.2, 0.25) is 5.91 Å². The van der Waals surface area contributed by atoms with Crippen molar-refractivity contribution in [1.29, 1.82) is 0 Å². The van der Waals surface area contributed by atoms with Gasteiger partial charge in [0, 0.05) is 21.8 Å². The van der Waals surface area contributed by atoms with Crippen molar-refractivity contribution in [2.45, 2.75) is 6.04 Å². The molecule has 110 valence electrons. The van der Waals surface area contributed by atoms with Crippen LogP contribution in [0.2, 0.25) is 0 Å². The van der Waals surface area contributed by atoms with Crippen molar-refractivity contribution in [1.82, 2.24) is 0 Å².